The summed E-state index contributed by atoms with van der Waals surface area (Å²) >= 11 is 3.44. The van der Waals surface area contributed by atoms with E-state index < -0.39 is 5.82 Å². The molecule has 5 heteroatoms. The van der Waals surface area contributed by atoms with Gasteiger partial charge in [-0.3, -0.25) is 4.79 Å². The fourth-order valence-corrected chi connectivity index (χ4v) is 3.58. The maximum Gasteiger partial charge on any atom is 0.157 e. The summed E-state index contributed by atoms with van der Waals surface area (Å²) in [6.45, 7) is 8.23. The third kappa shape index (κ3) is 4.28. The van der Waals surface area contributed by atoms with Crippen LogP contribution < -0.4 is 5.32 Å². The van der Waals surface area contributed by atoms with Crippen LogP contribution in [0.5, 0.6) is 0 Å². The maximum atomic E-state index is 13.9. The molecule has 0 saturated carbocycles. The average molecular weight is 415 g/mol. The molecule has 3 nitrogen and oxygen atoms in total. The molecule has 2 aromatic rings. The van der Waals surface area contributed by atoms with E-state index in [0.29, 0.717) is 23.4 Å². The monoisotopic (exact) mass is 414 g/mol. The maximum absolute atomic E-state index is 13.9. The average Bonchev–Trinajstić information content (AvgIpc) is 2.54. The highest BCUT2D eigenvalue weighted by molar-refractivity contribution is 9.10. The number of nitrogens with one attached hydrogen (secondary N) is 1. The molecular formula is C21H20BrFN2O. The first-order chi connectivity index (χ1) is 12.2. The molecule has 0 radical (unpaired) electrons. The zero-order valence-electron chi connectivity index (χ0n) is 14.8. The quantitative estimate of drug-likeness (QED) is 0.694. The second-order valence-corrected chi connectivity index (χ2v) is 8.23. The van der Waals surface area contributed by atoms with Gasteiger partial charge in [0.1, 0.15) is 11.6 Å². The van der Waals surface area contributed by atoms with Gasteiger partial charge in [-0.1, -0.05) is 48.5 Å². The van der Waals surface area contributed by atoms with E-state index in [0.717, 1.165) is 28.4 Å². The number of aromatic nitrogens is 1. The lowest BCUT2D eigenvalue weighted by Gasteiger charge is -2.29. The molecule has 0 amide bonds. The van der Waals surface area contributed by atoms with Gasteiger partial charge in [-0.2, -0.15) is 0 Å². The molecule has 0 unspecified atom stereocenters. The molecule has 0 bridgehead atoms. The van der Waals surface area contributed by atoms with Crippen LogP contribution >= 0.6 is 15.9 Å². The number of carbonyl (C=O) groups is 1. The zero-order chi connectivity index (χ0) is 18.9. The Kier molecular flexibility index (Phi) is 5.10. The summed E-state index contributed by atoms with van der Waals surface area (Å²) in [5, 5.41) is 3.22. The summed E-state index contributed by atoms with van der Waals surface area (Å²) in [7, 11) is 0. The summed E-state index contributed by atoms with van der Waals surface area (Å²) in [5.74, 6) is 0.141. The fourth-order valence-electron chi connectivity index (χ4n) is 3.18. The van der Waals surface area contributed by atoms with Crippen LogP contribution in [0.1, 0.15) is 37.8 Å². The highest BCUT2D eigenvalue weighted by atomic mass is 79.9. The van der Waals surface area contributed by atoms with E-state index >= 15 is 0 Å². The van der Waals surface area contributed by atoms with Gasteiger partial charge in [0.25, 0.3) is 0 Å². The first-order valence-corrected chi connectivity index (χ1v) is 9.14. The lowest BCUT2D eigenvalue weighted by atomic mass is 9.79. The number of pyridine rings is 1. The van der Waals surface area contributed by atoms with Crippen LogP contribution in [0.25, 0.3) is 5.57 Å². The Bertz CT molecular complexity index is 918. The number of benzene rings is 1. The van der Waals surface area contributed by atoms with Gasteiger partial charge in [0, 0.05) is 28.2 Å². The number of ketones is 1. The molecule has 1 aliphatic carbocycles. The standard InChI is InChI=1S/C21H20BrFN2O/c1-13(14-5-4-6-15(22)7-14)19-8-16(23)12-24-20(19)25-17-9-18(26)11-21(2,3)10-17/h4-9,12H,1,10-11H2,2-3H3,(H,24,25). The first kappa shape index (κ1) is 18.5. The molecule has 0 fully saturated rings. The first-order valence-electron chi connectivity index (χ1n) is 8.35. The molecule has 1 aliphatic rings. The van der Waals surface area contributed by atoms with Gasteiger partial charge in [0.2, 0.25) is 0 Å². The summed E-state index contributed by atoms with van der Waals surface area (Å²) in [6.07, 6.45) is 4.02. The van der Waals surface area contributed by atoms with Crippen molar-refractivity contribution in [2.45, 2.75) is 26.7 Å². The molecule has 3 rings (SSSR count). The number of carbonyl (C=O) groups excluding carboxylic acids is 1. The molecule has 0 atom stereocenters. The van der Waals surface area contributed by atoms with Gasteiger partial charge >= 0.3 is 0 Å². The largest absolute Gasteiger partial charge is 0.343 e. The molecule has 1 N–H and O–H groups in total. The Morgan fingerprint density at radius 2 is 2.08 bits per heavy atom. The summed E-state index contributed by atoms with van der Waals surface area (Å²) in [6, 6.07) is 9.06. The zero-order valence-corrected chi connectivity index (χ0v) is 16.4. The number of hydrogen-bond donors (Lipinski definition) is 1. The van der Waals surface area contributed by atoms with E-state index in [1.54, 1.807) is 6.08 Å². The molecule has 0 saturated heterocycles. The van der Waals surface area contributed by atoms with Gasteiger partial charge in [-0.15, -0.1) is 0 Å². The summed E-state index contributed by atoms with van der Waals surface area (Å²) in [5.41, 5.74) is 2.76. The van der Waals surface area contributed by atoms with Crippen LogP contribution in [0.15, 0.2) is 59.4 Å². The van der Waals surface area contributed by atoms with Crippen LogP contribution in [-0.2, 0) is 4.79 Å². The number of hydrogen-bond acceptors (Lipinski definition) is 3. The van der Waals surface area contributed by atoms with E-state index in [-0.39, 0.29) is 11.2 Å². The van der Waals surface area contributed by atoms with Crippen molar-refractivity contribution < 1.29 is 9.18 Å². The number of allylic oxidation sites excluding steroid dienone is 2. The smallest absolute Gasteiger partial charge is 0.157 e. The van der Waals surface area contributed by atoms with Crippen LogP contribution in [0, 0.1) is 11.2 Å². The Balaban J connectivity index is 1.96. The Hall–Kier alpha value is -2.27. The minimum atomic E-state index is -0.435. The topological polar surface area (TPSA) is 42.0 Å². The molecule has 26 heavy (non-hydrogen) atoms. The minimum absolute atomic E-state index is 0.0817. The van der Waals surface area contributed by atoms with Crippen LogP contribution in [0.4, 0.5) is 10.2 Å². The molecule has 1 aromatic carbocycles. The molecule has 1 aromatic heterocycles. The predicted octanol–water partition coefficient (Wildman–Crippen LogP) is 5.73. The molecule has 134 valence electrons. The van der Waals surface area contributed by atoms with E-state index in [1.165, 1.54) is 6.07 Å². The van der Waals surface area contributed by atoms with E-state index in [9.17, 15) is 9.18 Å². The number of rotatable bonds is 4. The van der Waals surface area contributed by atoms with Gasteiger partial charge in [-0.25, -0.2) is 9.37 Å². The van der Waals surface area contributed by atoms with Gasteiger partial charge < -0.3 is 5.32 Å². The van der Waals surface area contributed by atoms with Crippen molar-refractivity contribution in [2.75, 3.05) is 5.32 Å². The summed E-state index contributed by atoms with van der Waals surface area (Å²) in [4.78, 5) is 16.2. The lowest BCUT2D eigenvalue weighted by Crippen LogP contribution is -2.24. The van der Waals surface area contributed by atoms with Crippen molar-refractivity contribution >= 4 is 33.1 Å². The number of anilines is 1. The SMILES string of the molecule is C=C(c1cccc(Br)c1)c1cc(F)cnc1NC1=CC(=O)CC(C)(C)C1. The molecular weight excluding hydrogens is 395 g/mol. The van der Waals surface area contributed by atoms with E-state index in [4.69, 9.17) is 0 Å². The molecule has 0 aliphatic heterocycles. The Labute approximate surface area is 161 Å². The van der Waals surface area contributed by atoms with Gasteiger partial charge in [-0.05, 0) is 41.2 Å². The Morgan fingerprint density at radius 1 is 1.31 bits per heavy atom. The number of halogens is 2. The summed E-state index contributed by atoms with van der Waals surface area (Å²) < 4.78 is 14.8. The lowest BCUT2D eigenvalue weighted by molar-refractivity contribution is -0.117. The second-order valence-electron chi connectivity index (χ2n) is 7.32. The normalized spacial score (nSPS) is 16.2. The van der Waals surface area contributed by atoms with Crippen molar-refractivity contribution in [3.05, 3.63) is 76.3 Å². The molecule has 1 heterocycles. The number of nitrogens with zero attached hydrogens (tertiary/aromatic N) is 1. The minimum Gasteiger partial charge on any atom is -0.343 e. The van der Waals surface area contributed by atoms with E-state index in [2.05, 4.69) is 46.7 Å². The highest BCUT2D eigenvalue weighted by Gasteiger charge is 2.28. The van der Waals surface area contributed by atoms with E-state index in [1.807, 2.05) is 24.3 Å². The van der Waals surface area contributed by atoms with Gasteiger partial charge in [0.15, 0.2) is 5.78 Å². The van der Waals surface area contributed by atoms with Crippen molar-refractivity contribution in [2.24, 2.45) is 5.41 Å². The fraction of sp³-hybridized carbons (Fsp3) is 0.238. The van der Waals surface area contributed by atoms with Crippen molar-refractivity contribution in [3.63, 3.8) is 0 Å². The van der Waals surface area contributed by atoms with Crippen molar-refractivity contribution in [1.29, 1.82) is 0 Å². The van der Waals surface area contributed by atoms with Crippen LogP contribution in [0.2, 0.25) is 0 Å². The Morgan fingerprint density at radius 3 is 2.77 bits per heavy atom. The second kappa shape index (κ2) is 7.16. The van der Waals surface area contributed by atoms with Gasteiger partial charge in [0.05, 0.1) is 6.20 Å². The predicted molar refractivity (Wildman–Crippen MR) is 106 cm³/mol. The van der Waals surface area contributed by atoms with Crippen molar-refractivity contribution in [1.82, 2.24) is 4.98 Å². The van der Waals surface area contributed by atoms with Crippen LogP contribution in [-0.4, -0.2) is 10.8 Å². The van der Waals surface area contributed by atoms with Crippen molar-refractivity contribution in [3.8, 4) is 0 Å². The van der Waals surface area contributed by atoms with Crippen LogP contribution in [0.3, 0.4) is 0 Å². The third-order valence-corrected chi connectivity index (χ3v) is 4.78. The third-order valence-electron chi connectivity index (χ3n) is 4.29. The highest BCUT2D eigenvalue weighted by Crippen LogP contribution is 2.35. The molecule has 0 spiro atoms.